The first-order chi connectivity index (χ1) is 8.88. The van der Waals surface area contributed by atoms with Crippen molar-refractivity contribution in [1.29, 1.82) is 0 Å². The van der Waals surface area contributed by atoms with E-state index in [1.54, 1.807) is 6.20 Å². The normalized spacial score (nSPS) is 10.3. The Kier molecular flexibility index (Phi) is 4.70. The average Bonchev–Trinajstić information content (AvgIpc) is 2.41. The molecule has 0 aliphatic carbocycles. The zero-order chi connectivity index (χ0) is 12.6. The van der Waals surface area contributed by atoms with Crippen LogP contribution in [0.4, 0.5) is 0 Å². The van der Waals surface area contributed by atoms with Gasteiger partial charge < -0.3 is 4.74 Å². The Morgan fingerprint density at radius 1 is 1.22 bits per heavy atom. The zero-order valence-corrected chi connectivity index (χ0v) is 10.7. The minimum absolute atomic E-state index is 0.696. The summed E-state index contributed by atoms with van der Waals surface area (Å²) in [5, 5.41) is 0. The largest absolute Gasteiger partial charge is 0.473 e. The first-order valence-corrected chi connectivity index (χ1v) is 6.40. The number of benzene rings is 1. The molecule has 1 aromatic carbocycles. The molecule has 0 atom stereocenters. The molecular weight excluding hydrogens is 224 g/mol. The lowest BCUT2D eigenvalue weighted by molar-refractivity contribution is -0.689. The second-order valence-corrected chi connectivity index (χ2v) is 4.25. The molecule has 0 aliphatic rings. The summed E-state index contributed by atoms with van der Waals surface area (Å²) in [4.78, 5) is 4.21. The number of hydrogen-bond donors (Lipinski definition) is 0. The van der Waals surface area contributed by atoms with Gasteiger partial charge in [-0.15, -0.1) is 0 Å². The maximum Gasteiger partial charge on any atom is 0.279 e. The number of ether oxygens (including phenoxy) is 1. The molecule has 0 saturated carbocycles. The highest BCUT2D eigenvalue weighted by molar-refractivity contribution is 5.13. The SMILES string of the molecule is CCCCOc1c[n+](Cc2ccccc2)ccn1. The molecule has 0 aliphatic heterocycles. The zero-order valence-electron chi connectivity index (χ0n) is 10.7. The molecule has 2 rings (SSSR count). The summed E-state index contributed by atoms with van der Waals surface area (Å²) >= 11 is 0. The number of aromatic nitrogens is 2. The van der Waals surface area contributed by atoms with Crippen LogP contribution in [0.25, 0.3) is 0 Å². The summed E-state index contributed by atoms with van der Waals surface area (Å²) < 4.78 is 7.68. The van der Waals surface area contributed by atoms with Crippen molar-refractivity contribution in [3.8, 4) is 5.88 Å². The van der Waals surface area contributed by atoms with E-state index in [1.807, 2.05) is 18.5 Å². The van der Waals surface area contributed by atoms with E-state index in [-0.39, 0.29) is 0 Å². The number of unbranched alkanes of at least 4 members (excludes halogenated alkanes) is 1. The standard InChI is InChI=1S/C15H19N2O/c1-2-3-11-18-15-13-17(10-9-16-15)12-14-7-5-4-6-8-14/h4-10,13H,2-3,11-12H2,1H3/q+1. The Hall–Kier alpha value is -1.90. The smallest absolute Gasteiger partial charge is 0.279 e. The van der Waals surface area contributed by atoms with Gasteiger partial charge in [-0.2, -0.15) is 4.57 Å². The Morgan fingerprint density at radius 3 is 2.83 bits per heavy atom. The van der Waals surface area contributed by atoms with Crippen LogP contribution in [0.3, 0.4) is 0 Å². The van der Waals surface area contributed by atoms with Crippen LogP contribution in [0.2, 0.25) is 0 Å². The topological polar surface area (TPSA) is 26.0 Å². The second kappa shape index (κ2) is 6.74. The summed E-state index contributed by atoms with van der Waals surface area (Å²) in [7, 11) is 0. The third-order valence-corrected chi connectivity index (χ3v) is 2.69. The molecule has 1 aromatic heterocycles. The van der Waals surface area contributed by atoms with Crippen LogP contribution >= 0.6 is 0 Å². The lowest BCUT2D eigenvalue weighted by Crippen LogP contribution is -2.33. The third-order valence-electron chi connectivity index (χ3n) is 2.69. The van der Waals surface area contributed by atoms with E-state index in [4.69, 9.17) is 4.74 Å². The molecule has 0 fully saturated rings. The van der Waals surface area contributed by atoms with Crippen LogP contribution < -0.4 is 9.30 Å². The van der Waals surface area contributed by atoms with Gasteiger partial charge in [0, 0.05) is 5.56 Å². The van der Waals surface area contributed by atoms with Crippen molar-refractivity contribution >= 4 is 0 Å². The first-order valence-electron chi connectivity index (χ1n) is 6.40. The average molecular weight is 243 g/mol. The maximum atomic E-state index is 5.59. The number of nitrogens with zero attached hydrogens (tertiary/aromatic N) is 2. The van der Waals surface area contributed by atoms with Crippen molar-refractivity contribution in [1.82, 2.24) is 4.98 Å². The van der Waals surface area contributed by atoms with Gasteiger partial charge in [-0.25, -0.2) is 4.98 Å². The number of rotatable bonds is 6. The number of hydrogen-bond acceptors (Lipinski definition) is 2. The molecule has 0 radical (unpaired) electrons. The lowest BCUT2D eigenvalue weighted by atomic mass is 10.2. The quantitative estimate of drug-likeness (QED) is 0.576. The van der Waals surface area contributed by atoms with Crippen LogP contribution in [0.5, 0.6) is 5.88 Å². The minimum atomic E-state index is 0.696. The highest BCUT2D eigenvalue weighted by Crippen LogP contribution is 2.03. The van der Waals surface area contributed by atoms with E-state index in [1.165, 1.54) is 5.56 Å². The first kappa shape index (κ1) is 12.6. The summed E-state index contributed by atoms with van der Waals surface area (Å²) in [5.41, 5.74) is 1.27. The molecule has 3 nitrogen and oxygen atoms in total. The van der Waals surface area contributed by atoms with Crippen molar-refractivity contribution < 1.29 is 9.30 Å². The molecule has 0 N–H and O–H groups in total. The van der Waals surface area contributed by atoms with Gasteiger partial charge in [0.1, 0.15) is 0 Å². The predicted octanol–water partition coefficient (Wildman–Crippen LogP) is 2.60. The Balaban J connectivity index is 1.99. The van der Waals surface area contributed by atoms with Crippen LogP contribution in [-0.4, -0.2) is 11.6 Å². The summed E-state index contributed by atoms with van der Waals surface area (Å²) in [6.07, 6.45) is 7.89. The van der Waals surface area contributed by atoms with Gasteiger partial charge in [-0.05, 0) is 6.42 Å². The molecule has 0 spiro atoms. The maximum absolute atomic E-state index is 5.59. The molecule has 0 bridgehead atoms. The van der Waals surface area contributed by atoms with Crippen LogP contribution in [0, 0.1) is 0 Å². The summed E-state index contributed by atoms with van der Waals surface area (Å²) in [5.74, 6) is 0.696. The van der Waals surface area contributed by atoms with Gasteiger partial charge in [-0.1, -0.05) is 43.7 Å². The molecule has 0 saturated heterocycles. The van der Waals surface area contributed by atoms with E-state index < -0.39 is 0 Å². The molecule has 0 amide bonds. The van der Waals surface area contributed by atoms with Crippen molar-refractivity contribution in [3.63, 3.8) is 0 Å². The Labute approximate surface area is 108 Å². The molecular formula is C15H19N2O+. The molecule has 0 unspecified atom stereocenters. The monoisotopic (exact) mass is 243 g/mol. The van der Waals surface area contributed by atoms with E-state index in [0.29, 0.717) is 5.88 Å². The fraction of sp³-hybridized carbons (Fsp3) is 0.333. The van der Waals surface area contributed by atoms with Gasteiger partial charge in [-0.3, -0.25) is 0 Å². The van der Waals surface area contributed by atoms with Gasteiger partial charge in [0.2, 0.25) is 6.20 Å². The fourth-order valence-corrected chi connectivity index (χ4v) is 1.70. The molecule has 94 valence electrons. The highest BCUT2D eigenvalue weighted by Gasteiger charge is 2.05. The van der Waals surface area contributed by atoms with Crippen molar-refractivity contribution in [2.75, 3.05) is 6.61 Å². The van der Waals surface area contributed by atoms with Crippen molar-refractivity contribution in [2.45, 2.75) is 26.3 Å². The van der Waals surface area contributed by atoms with Crippen LogP contribution in [0.15, 0.2) is 48.9 Å². The van der Waals surface area contributed by atoms with Gasteiger partial charge >= 0.3 is 0 Å². The molecule has 18 heavy (non-hydrogen) atoms. The Morgan fingerprint density at radius 2 is 2.06 bits per heavy atom. The molecule has 1 heterocycles. The van der Waals surface area contributed by atoms with Crippen LogP contribution in [-0.2, 0) is 6.54 Å². The summed E-state index contributed by atoms with van der Waals surface area (Å²) in [6, 6.07) is 10.4. The van der Waals surface area contributed by atoms with Gasteiger partial charge in [0.15, 0.2) is 12.7 Å². The van der Waals surface area contributed by atoms with Crippen molar-refractivity contribution in [3.05, 3.63) is 54.5 Å². The molecule has 2 aromatic rings. The van der Waals surface area contributed by atoms with Gasteiger partial charge in [0.05, 0.1) is 12.8 Å². The third kappa shape index (κ3) is 3.84. The van der Waals surface area contributed by atoms with E-state index in [9.17, 15) is 0 Å². The van der Waals surface area contributed by atoms with E-state index in [2.05, 4.69) is 40.7 Å². The van der Waals surface area contributed by atoms with E-state index >= 15 is 0 Å². The highest BCUT2D eigenvalue weighted by atomic mass is 16.5. The minimum Gasteiger partial charge on any atom is -0.473 e. The van der Waals surface area contributed by atoms with Crippen LogP contribution in [0.1, 0.15) is 25.3 Å². The fourth-order valence-electron chi connectivity index (χ4n) is 1.70. The van der Waals surface area contributed by atoms with Crippen molar-refractivity contribution in [2.24, 2.45) is 0 Å². The Bertz CT molecular complexity index is 471. The van der Waals surface area contributed by atoms with Gasteiger partial charge in [0.25, 0.3) is 5.88 Å². The second-order valence-electron chi connectivity index (χ2n) is 4.25. The lowest BCUT2D eigenvalue weighted by Gasteiger charge is -2.03. The summed E-state index contributed by atoms with van der Waals surface area (Å²) in [6.45, 7) is 3.73. The predicted molar refractivity (Wildman–Crippen MR) is 70.4 cm³/mol. The molecule has 3 heteroatoms. The van der Waals surface area contributed by atoms with E-state index in [0.717, 1.165) is 26.0 Å².